The van der Waals surface area contributed by atoms with Crippen molar-refractivity contribution in [1.29, 1.82) is 0 Å². The molecule has 0 radical (unpaired) electrons. The van der Waals surface area contributed by atoms with Crippen LogP contribution in [0.4, 0.5) is 0 Å². The zero-order valence-corrected chi connectivity index (χ0v) is 19.7. The smallest absolute Gasteiger partial charge is 0.191 e. The Kier molecular flexibility index (Phi) is 9.67. The highest BCUT2D eigenvalue weighted by Gasteiger charge is 2.33. The molecule has 0 spiro atoms. The van der Waals surface area contributed by atoms with Gasteiger partial charge in [0.15, 0.2) is 11.7 Å². The SMILES string of the molecule is C/C=C\S/C(=C\C)C1=NN2C(=NN(C)C2CC2=CN=C(OC)CC=C2)CC=C1.CC. The molecular formula is C23H33N5OS. The van der Waals surface area contributed by atoms with Gasteiger partial charge in [-0.3, -0.25) is 5.01 Å². The first-order chi connectivity index (χ1) is 14.7. The molecule has 3 rings (SSSR count). The van der Waals surface area contributed by atoms with Crippen molar-refractivity contribution in [1.82, 2.24) is 10.0 Å². The fourth-order valence-corrected chi connectivity index (χ4v) is 3.75. The number of amidine groups is 1. The van der Waals surface area contributed by atoms with Gasteiger partial charge in [0.2, 0.25) is 0 Å². The van der Waals surface area contributed by atoms with Crippen molar-refractivity contribution >= 4 is 29.2 Å². The Morgan fingerprint density at radius 2 is 1.97 bits per heavy atom. The number of hydrogen-bond acceptors (Lipinski definition) is 7. The molecule has 3 heterocycles. The van der Waals surface area contributed by atoms with E-state index in [-0.39, 0.29) is 6.17 Å². The molecule has 0 fully saturated rings. The summed E-state index contributed by atoms with van der Waals surface area (Å²) in [5.74, 6) is 1.69. The third-order valence-corrected chi connectivity index (χ3v) is 5.65. The standard InChI is InChI=1S/C21H27N5OS.C2H6/c1-5-13-28-18(6-2)17-10-8-11-19-24-25(3)21(26(19)23-17)14-16-9-7-12-20(27-4)22-15-16;1-2/h5-10,13,15,21H,11-12,14H2,1-4H3;1-2H3/b13-5-,18-6-;. The van der Waals surface area contributed by atoms with E-state index in [1.165, 1.54) is 0 Å². The van der Waals surface area contributed by atoms with Gasteiger partial charge in [-0.15, -0.1) is 0 Å². The summed E-state index contributed by atoms with van der Waals surface area (Å²) < 4.78 is 5.26. The Hall–Kier alpha value is -2.54. The highest BCUT2D eigenvalue weighted by atomic mass is 32.2. The molecule has 0 N–H and O–H groups in total. The Labute approximate surface area is 185 Å². The number of thioether (sulfide) groups is 1. The zero-order chi connectivity index (χ0) is 21.9. The van der Waals surface area contributed by atoms with E-state index < -0.39 is 0 Å². The van der Waals surface area contributed by atoms with Gasteiger partial charge >= 0.3 is 0 Å². The molecule has 30 heavy (non-hydrogen) atoms. The van der Waals surface area contributed by atoms with Crippen LogP contribution in [-0.2, 0) is 4.74 Å². The van der Waals surface area contributed by atoms with E-state index in [4.69, 9.17) is 14.9 Å². The first-order valence-electron chi connectivity index (χ1n) is 10.4. The maximum Gasteiger partial charge on any atom is 0.191 e. The molecule has 0 aromatic carbocycles. The minimum Gasteiger partial charge on any atom is -0.484 e. The van der Waals surface area contributed by atoms with Gasteiger partial charge in [0.25, 0.3) is 0 Å². The largest absolute Gasteiger partial charge is 0.484 e. The van der Waals surface area contributed by atoms with Crippen LogP contribution < -0.4 is 0 Å². The van der Waals surface area contributed by atoms with E-state index in [9.17, 15) is 0 Å². The molecule has 1 atom stereocenters. The number of ether oxygens (including phenoxy) is 1. The van der Waals surface area contributed by atoms with Crippen molar-refractivity contribution in [2.24, 2.45) is 15.2 Å². The quantitative estimate of drug-likeness (QED) is 0.568. The molecule has 0 saturated heterocycles. The van der Waals surface area contributed by atoms with Crippen molar-refractivity contribution in [3.05, 3.63) is 58.5 Å². The third-order valence-electron chi connectivity index (χ3n) is 4.54. The van der Waals surface area contributed by atoms with Gasteiger partial charge in [-0.05, 0) is 30.9 Å². The Morgan fingerprint density at radius 1 is 1.20 bits per heavy atom. The van der Waals surface area contributed by atoms with E-state index in [0.717, 1.165) is 40.8 Å². The highest BCUT2D eigenvalue weighted by Crippen LogP contribution is 2.28. The molecule has 0 aromatic rings. The molecule has 0 aromatic heterocycles. The molecule has 3 aliphatic heterocycles. The minimum atomic E-state index is 0.0184. The van der Waals surface area contributed by atoms with Crippen molar-refractivity contribution in [3.63, 3.8) is 0 Å². The van der Waals surface area contributed by atoms with Crippen LogP contribution in [0.25, 0.3) is 0 Å². The van der Waals surface area contributed by atoms with Crippen LogP contribution in [0.1, 0.15) is 47.0 Å². The summed E-state index contributed by atoms with van der Waals surface area (Å²) in [6.45, 7) is 8.06. The first kappa shape index (κ1) is 23.7. The van der Waals surface area contributed by atoms with Gasteiger partial charge in [0.05, 0.1) is 12.8 Å². The number of hydrazone groups is 2. The van der Waals surface area contributed by atoms with Crippen molar-refractivity contribution < 1.29 is 4.74 Å². The third kappa shape index (κ3) is 5.98. The second-order valence-corrected chi connectivity index (χ2v) is 7.44. The Bertz CT molecular complexity index is 833. The van der Waals surface area contributed by atoms with Gasteiger partial charge in [-0.1, -0.05) is 56.0 Å². The molecule has 1 unspecified atom stereocenters. The topological polar surface area (TPSA) is 52.8 Å². The molecule has 0 amide bonds. The van der Waals surface area contributed by atoms with Crippen LogP contribution in [-0.4, -0.2) is 47.8 Å². The number of aliphatic imine (C=N–C) groups is 1. The normalized spacial score (nSPS) is 21.1. The van der Waals surface area contributed by atoms with E-state index in [1.807, 2.05) is 52.0 Å². The van der Waals surface area contributed by atoms with Gasteiger partial charge in [0, 0.05) is 37.4 Å². The van der Waals surface area contributed by atoms with Gasteiger partial charge in [-0.25, -0.2) is 10.0 Å². The van der Waals surface area contributed by atoms with Crippen LogP contribution in [0, 0.1) is 0 Å². The van der Waals surface area contributed by atoms with E-state index >= 15 is 0 Å². The number of fused-ring (bicyclic) bond motifs is 1. The summed E-state index contributed by atoms with van der Waals surface area (Å²) in [6, 6.07) is 0. The van der Waals surface area contributed by atoms with Crippen molar-refractivity contribution in [2.45, 2.75) is 53.1 Å². The monoisotopic (exact) mass is 427 g/mol. The molecule has 0 saturated carbocycles. The second kappa shape index (κ2) is 12.2. The number of rotatable bonds is 5. The lowest BCUT2D eigenvalue weighted by molar-refractivity contribution is 0.163. The summed E-state index contributed by atoms with van der Waals surface area (Å²) >= 11 is 1.68. The molecule has 6 nitrogen and oxygen atoms in total. The number of nitrogens with zero attached hydrogens (tertiary/aromatic N) is 5. The summed E-state index contributed by atoms with van der Waals surface area (Å²) in [7, 11) is 3.66. The fourth-order valence-electron chi connectivity index (χ4n) is 3.11. The number of methoxy groups -OCH3 is 1. The first-order valence-corrected chi connectivity index (χ1v) is 11.3. The summed E-state index contributed by atoms with van der Waals surface area (Å²) in [4.78, 5) is 5.56. The van der Waals surface area contributed by atoms with Crippen LogP contribution in [0.2, 0.25) is 0 Å². The summed E-state index contributed by atoms with van der Waals surface area (Å²) in [5, 5.41) is 15.8. The Morgan fingerprint density at radius 3 is 2.67 bits per heavy atom. The average Bonchev–Trinajstić information content (AvgIpc) is 2.97. The lowest BCUT2D eigenvalue weighted by atomic mass is 10.1. The molecule has 3 aliphatic rings. The van der Waals surface area contributed by atoms with E-state index in [1.54, 1.807) is 18.9 Å². The highest BCUT2D eigenvalue weighted by molar-refractivity contribution is 8.06. The summed E-state index contributed by atoms with van der Waals surface area (Å²) in [5.41, 5.74) is 2.09. The maximum absolute atomic E-state index is 5.26. The van der Waals surface area contributed by atoms with Crippen LogP contribution in [0.15, 0.2) is 73.7 Å². The van der Waals surface area contributed by atoms with E-state index in [2.05, 4.69) is 45.8 Å². The van der Waals surface area contributed by atoms with Gasteiger partial charge in [0.1, 0.15) is 6.17 Å². The van der Waals surface area contributed by atoms with Crippen LogP contribution in [0.5, 0.6) is 0 Å². The van der Waals surface area contributed by atoms with E-state index in [0.29, 0.717) is 6.42 Å². The van der Waals surface area contributed by atoms with Gasteiger partial charge in [-0.2, -0.15) is 10.2 Å². The predicted molar refractivity (Wildman–Crippen MR) is 130 cm³/mol. The molecular weight excluding hydrogens is 394 g/mol. The zero-order valence-electron chi connectivity index (χ0n) is 18.9. The van der Waals surface area contributed by atoms with Gasteiger partial charge < -0.3 is 4.74 Å². The molecule has 0 bridgehead atoms. The Balaban J connectivity index is 0.00000155. The van der Waals surface area contributed by atoms with Crippen molar-refractivity contribution in [3.8, 4) is 0 Å². The van der Waals surface area contributed by atoms with Crippen LogP contribution in [0.3, 0.4) is 0 Å². The lowest BCUT2D eigenvalue weighted by Crippen LogP contribution is -2.37. The number of hydrogen-bond donors (Lipinski definition) is 0. The number of allylic oxidation sites excluding steroid dienone is 5. The van der Waals surface area contributed by atoms with Crippen molar-refractivity contribution in [2.75, 3.05) is 14.2 Å². The molecule has 7 heteroatoms. The minimum absolute atomic E-state index is 0.0184. The molecule has 0 aliphatic carbocycles. The second-order valence-electron chi connectivity index (χ2n) is 6.49. The van der Waals surface area contributed by atoms with Crippen LogP contribution >= 0.6 is 11.8 Å². The summed E-state index contributed by atoms with van der Waals surface area (Å²) in [6.07, 6.45) is 16.7. The predicted octanol–water partition coefficient (Wildman–Crippen LogP) is 5.66. The fraction of sp³-hybridized carbons (Fsp3) is 0.435. The average molecular weight is 428 g/mol. The maximum atomic E-state index is 5.26. The lowest BCUT2D eigenvalue weighted by Gasteiger charge is -2.26. The molecule has 162 valence electrons.